The molecule has 8 heteroatoms. The zero-order valence-electron chi connectivity index (χ0n) is 20.6. The summed E-state index contributed by atoms with van der Waals surface area (Å²) >= 11 is 0. The molecule has 5 rings (SSSR count). The number of carbonyl (C=O) groups excluding carboxylic acids is 3. The van der Waals surface area contributed by atoms with Crippen molar-refractivity contribution in [1.82, 2.24) is 15.5 Å². The van der Waals surface area contributed by atoms with Crippen molar-refractivity contribution in [3.8, 4) is 5.75 Å². The van der Waals surface area contributed by atoms with E-state index in [1.807, 2.05) is 25.3 Å². The Labute approximate surface area is 207 Å². The molecule has 3 atom stereocenters. The molecule has 0 aromatic heterocycles. The Bertz CT molecular complexity index is 958. The Morgan fingerprint density at radius 2 is 1.83 bits per heavy atom. The normalized spacial score (nSPS) is 31.3. The molecule has 1 saturated heterocycles. The van der Waals surface area contributed by atoms with Crippen molar-refractivity contribution in [3.63, 3.8) is 0 Å². The first-order chi connectivity index (χ1) is 17.0. The maximum Gasteiger partial charge on any atom is 0.255 e. The number of ether oxygens (including phenoxy) is 2. The molecule has 1 aromatic rings. The van der Waals surface area contributed by atoms with E-state index in [9.17, 15) is 14.4 Å². The van der Waals surface area contributed by atoms with Crippen LogP contribution in [-0.2, 0) is 20.9 Å². The third-order valence-electron chi connectivity index (χ3n) is 8.28. The Morgan fingerprint density at radius 1 is 1.03 bits per heavy atom. The minimum Gasteiger partial charge on any atom is -0.489 e. The molecule has 2 N–H and O–H groups in total. The van der Waals surface area contributed by atoms with Gasteiger partial charge in [-0.1, -0.05) is 6.42 Å². The van der Waals surface area contributed by atoms with Crippen LogP contribution in [0.5, 0.6) is 5.75 Å². The van der Waals surface area contributed by atoms with E-state index in [1.165, 1.54) is 19.3 Å². The molecule has 2 heterocycles. The highest BCUT2D eigenvalue weighted by Crippen LogP contribution is 2.32. The van der Waals surface area contributed by atoms with Crippen molar-refractivity contribution in [2.45, 2.75) is 95.0 Å². The van der Waals surface area contributed by atoms with Gasteiger partial charge in [0.1, 0.15) is 17.9 Å². The summed E-state index contributed by atoms with van der Waals surface area (Å²) in [7, 11) is 1.81. The fourth-order valence-electron chi connectivity index (χ4n) is 6.16. The molecule has 3 amide bonds. The summed E-state index contributed by atoms with van der Waals surface area (Å²) in [5, 5.41) is 6.17. The molecule has 190 valence electrons. The molecule has 0 radical (unpaired) electrons. The van der Waals surface area contributed by atoms with Gasteiger partial charge in [-0.15, -0.1) is 0 Å². The largest absolute Gasteiger partial charge is 0.489 e. The highest BCUT2D eigenvalue weighted by Gasteiger charge is 2.39. The van der Waals surface area contributed by atoms with Gasteiger partial charge in [0.25, 0.3) is 5.91 Å². The molecule has 2 aliphatic heterocycles. The minimum atomic E-state index is -0.595. The zero-order chi connectivity index (χ0) is 24.4. The van der Waals surface area contributed by atoms with Gasteiger partial charge in [0, 0.05) is 31.7 Å². The maximum absolute atomic E-state index is 13.0. The SMILES string of the molecule is COC1CCC(CN[C@H]2CCCC[C@@H]2Oc2ccc3c(c2)CN(C2CCC(=O)NC2=O)C3=O)CC1. The highest BCUT2D eigenvalue weighted by molar-refractivity contribution is 6.05. The fourth-order valence-corrected chi connectivity index (χ4v) is 6.16. The average Bonchev–Trinajstić information content (AvgIpc) is 3.19. The second-order valence-corrected chi connectivity index (χ2v) is 10.6. The Balaban J connectivity index is 1.19. The van der Waals surface area contributed by atoms with Crippen molar-refractivity contribution < 1.29 is 23.9 Å². The number of piperidine rings is 1. The molecule has 2 aliphatic carbocycles. The number of amides is 3. The van der Waals surface area contributed by atoms with Gasteiger partial charge in [0.2, 0.25) is 11.8 Å². The zero-order valence-corrected chi connectivity index (χ0v) is 20.6. The van der Waals surface area contributed by atoms with Crippen LogP contribution in [0.4, 0.5) is 0 Å². The monoisotopic (exact) mass is 483 g/mol. The molecule has 8 nitrogen and oxygen atoms in total. The van der Waals surface area contributed by atoms with Crippen LogP contribution in [0.2, 0.25) is 0 Å². The lowest BCUT2D eigenvalue weighted by molar-refractivity contribution is -0.136. The second kappa shape index (κ2) is 10.7. The van der Waals surface area contributed by atoms with Crippen LogP contribution in [0.3, 0.4) is 0 Å². The summed E-state index contributed by atoms with van der Waals surface area (Å²) in [6, 6.07) is 5.39. The van der Waals surface area contributed by atoms with Crippen molar-refractivity contribution in [2.24, 2.45) is 5.92 Å². The first-order valence-electron chi connectivity index (χ1n) is 13.2. The van der Waals surface area contributed by atoms with Crippen molar-refractivity contribution >= 4 is 17.7 Å². The molecule has 4 aliphatic rings. The van der Waals surface area contributed by atoms with E-state index >= 15 is 0 Å². The number of rotatable bonds is 7. The van der Waals surface area contributed by atoms with Gasteiger partial charge < -0.3 is 19.7 Å². The number of hydrogen-bond acceptors (Lipinski definition) is 6. The van der Waals surface area contributed by atoms with Crippen LogP contribution in [0.15, 0.2) is 18.2 Å². The van der Waals surface area contributed by atoms with E-state index in [-0.39, 0.29) is 30.2 Å². The second-order valence-electron chi connectivity index (χ2n) is 10.6. The molecular weight excluding hydrogens is 446 g/mol. The van der Waals surface area contributed by atoms with Gasteiger partial charge in [-0.05, 0) is 87.6 Å². The third-order valence-corrected chi connectivity index (χ3v) is 8.28. The van der Waals surface area contributed by atoms with Crippen LogP contribution in [0.25, 0.3) is 0 Å². The Hall–Kier alpha value is -2.45. The Morgan fingerprint density at radius 3 is 2.60 bits per heavy atom. The molecule has 1 aromatic carbocycles. The van der Waals surface area contributed by atoms with Crippen LogP contribution in [-0.4, -0.2) is 60.6 Å². The van der Waals surface area contributed by atoms with Gasteiger partial charge in [-0.25, -0.2) is 0 Å². The number of fused-ring (bicyclic) bond motifs is 1. The third kappa shape index (κ3) is 5.38. The van der Waals surface area contributed by atoms with E-state index in [0.29, 0.717) is 36.6 Å². The van der Waals surface area contributed by atoms with Gasteiger partial charge in [0.15, 0.2) is 0 Å². The quantitative estimate of drug-likeness (QED) is 0.579. The summed E-state index contributed by atoms with van der Waals surface area (Å²) < 4.78 is 12.0. The van der Waals surface area contributed by atoms with Crippen molar-refractivity contribution in [2.75, 3.05) is 13.7 Å². The smallest absolute Gasteiger partial charge is 0.255 e. The summed E-state index contributed by atoms with van der Waals surface area (Å²) in [5.74, 6) is 0.672. The van der Waals surface area contributed by atoms with Crippen LogP contribution in [0, 0.1) is 5.92 Å². The summed E-state index contributed by atoms with van der Waals surface area (Å²) in [6.45, 7) is 1.40. The molecule has 0 bridgehead atoms. The van der Waals surface area contributed by atoms with Crippen LogP contribution >= 0.6 is 0 Å². The molecule has 1 unspecified atom stereocenters. The number of imide groups is 1. The summed E-state index contributed by atoms with van der Waals surface area (Å²) in [5.41, 5.74) is 1.50. The average molecular weight is 484 g/mol. The first-order valence-corrected chi connectivity index (χ1v) is 13.2. The van der Waals surface area contributed by atoms with Crippen LogP contribution in [0.1, 0.15) is 80.1 Å². The molecular formula is C27H37N3O5. The van der Waals surface area contributed by atoms with E-state index < -0.39 is 6.04 Å². The topological polar surface area (TPSA) is 97.0 Å². The van der Waals surface area contributed by atoms with Gasteiger partial charge in [0.05, 0.1) is 6.10 Å². The van der Waals surface area contributed by atoms with E-state index in [4.69, 9.17) is 9.47 Å². The fraction of sp³-hybridized carbons (Fsp3) is 0.667. The lowest BCUT2D eigenvalue weighted by atomic mass is 9.86. The maximum atomic E-state index is 13.0. The van der Waals surface area contributed by atoms with E-state index in [1.54, 1.807) is 4.90 Å². The summed E-state index contributed by atoms with van der Waals surface area (Å²) in [4.78, 5) is 38.3. The molecule has 2 saturated carbocycles. The predicted molar refractivity (Wildman–Crippen MR) is 130 cm³/mol. The lowest BCUT2D eigenvalue weighted by Gasteiger charge is -2.35. The number of nitrogens with zero attached hydrogens (tertiary/aromatic N) is 1. The van der Waals surface area contributed by atoms with Crippen molar-refractivity contribution in [3.05, 3.63) is 29.3 Å². The molecule has 0 spiro atoms. The van der Waals surface area contributed by atoms with Crippen molar-refractivity contribution in [1.29, 1.82) is 0 Å². The first kappa shape index (κ1) is 24.3. The number of methoxy groups -OCH3 is 1. The van der Waals surface area contributed by atoms with Gasteiger partial charge in [-0.3, -0.25) is 19.7 Å². The number of benzene rings is 1. The van der Waals surface area contributed by atoms with Gasteiger partial charge >= 0.3 is 0 Å². The number of hydrogen-bond donors (Lipinski definition) is 2. The van der Waals surface area contributed by atoms with E-state index in [0.717, 1.165) is 50.0 Å². The van der Waals surface area contributed by atoms with Gasteiger partial charge in [-0.2, -0.15) is 0 Å². The highest BCUT2D eigenvalue weighted by atomic mass is 16.5. The van der Waals surface area contributed by atoms with E-state index in [2.05, 4.69) is 10.6 Å². The number of carbonyl (C=O) groups is 3. The minimum absolute atomic E-state index is 0.112. The summed E-state index contributed by atoms with van der Waals surface area (Å²) in [6.07, 6.45) is 10.4. The molecule has 35 heavy (non-hydrogen) atoms. The Kier molecular flexibility index (Phi) is 7.39. The standard InChI is InChI=1S/C27H37N3O5/c1-34-19-8-6-17(7-9-19)15-28-22-4-2-3-5-24(22)35-20-10-11-21-18(14-20)16-30(27(21)33)23-12-13-25(31)29-26(23)32/h10-11,14,17,19,22-24,28H,2-9,12-13,15-16H2,1H3,(H,29,31,32)/t17?,19?,22-,23?,24-/m0/s1. The molecule has 3 fully saturated rings. The lowest BCUT2D eigenvalue weighted by Crippen LogP contribution is -2.52. The predicted octanol–water partition coefficient (Wildman–Crippen LogP) is 2.93. The number of nitrogens with one attached hydrogen (secondary N) is 2. The van der Waals surface area contributed by atoms with Crippen LogP contribution < -0.4 is 15.4 Å².